The Bertz CT molecular complexity index is 242. The summed E-state index contributed by atoms with van der Waals surface area (Å²) in [5.74, 6) is 0.328. The molecule has 92 valence electrons. The van der Waals surface area contributed by atoms with Crippen LogP contribution in [0.3, 0.4) is 0 Å². The lowest BCUT2D eigenvalue weighted by Gasteiger charge is -2.41. The van der Waals surface area contributed by atoms with E-state index in [1.165, 1.54) is 12.8 Å². The standard InChI is InChI=1S/C13H24N2O/c1-2-6-13(7-4-8-13)12(16)15-11-5-3-9-14-10-11/h11,14H,2-10H2,1H3,(H,15,16)/t11-/m0/s1. The van der Waals surface area contributed by atoms with Crippen LogP contribution in [0, 0.1) is 5.41 Å². The van der Waals surface area contributed by atoms with E-state index in [0.717, 1.165) is 45.2 Å². The van der Waals surface area contributed by atoms with Crippen LogP contribution in [-0.2, 0) is 4.79 Å². The van der Waals surface area contributed by atoms with Crippen molar-refractivity contribution in [2.75, 3.05) is 13.1 Å². The molecule has 1 atom stereocenters. The maximum absolute atomic E-state index is 12.3. The van der Waals surface area contributed by atoms with Crippen LogP contribution in [0.25, 0.3) is 0 Å². The molecule has 1 amide bonds. The number of piperidine rings is 1. The molecule has 1 saturated heterocycles. The van der Waals surface area contributed by atoms with E-state index in [2.05, 4.69) is 17.6 Å². The minimum absolute atomic E-state index is 0.00615. The summed E-state index contributed by atoms with van der Waals surface area (Å²) in [6, 6.07) is 0.371. The zero-order valence-corrected chi connectivity index (χ0v) is 10.3. The molecule has 1 heterocycles. The fourth-order valence-corrected chi connectivity index (χ4v) is 2.99. The van der Waals surface area contributed by atoms with Crippen LogP contribution in [0.2, 0.25) is 0 Å². The average Bonchev–Trinajstić information content (AvgIpc) is 2.24. The molecule has 0 spiro atoms. The van der Waals surface area contributed by atoms with Crippen LogP contribution in [0.4, 0.5) is 0 Å². The van der Waals surface area contributed by atoms with Crippen molar-refractivity contribution >= 4 is 5.91 Å². The van der Waals surface area contributed by atoms with E-state index in [9.17, 15) is 4.79 Å². The SMILES string of the molecule is CCCC1(C(=O)N[C@H]2CCCNC2)CCC1. The third-order valence-electron chi connectivity index (χ3n) is 4.15. The summed E-state index contributed by atoms with van der Waals surface area (Å²) in [7, 11) is 0. The second kappa shape index (κ2) is 5.17. The first-order valence-corrected chi connectivity index (χ1v) is 6.78. The van der Waals surface area contributed by atoms with Gasteiger partial charge in [0.15, 0.2) is 0 Å². The molecule has 3 nitrogen and oxygen atoms in total. The molecule has 0 unspecified atom stereocenters. The Labute approximate surface area is 98.4 Å². The summed E-state index contributed by atoms with van der Waals surface area (Å²) in [6.07, 6.45) is 7.96. The monoisotopic (exact) mass is 224 g/mol. The van der Waals surface area contributed by atoms with E-state index < -0.39 is 0 Å². The molecule has 2 rings (SSSR count). The molecule has 2 aliphatic rings. The van der Waals surface area contributed by atoms with E-state index >= 15 is 0 Å². The average molecular weight is 224 g/mol. The molecule has 0 bridgehead atoms. The summed E-state index contributed by atoms with van der Waals surface area (Å²) in [5, 5.41) is 6.59. The Morgan fingerprint density at radius 3 is 2.75 bits per heavy atom. The van der Waals surface area contributed by atoms with Crippen LogP contribution in [0.5, 0.6) is 0 Å². The number of hydrogen-bond acceptors (Lipinski definition) is 2. The zero-order valence-electron chi connectivity index (χ0n) is 10.3. The third kappa shape index (κ3) is 2.40. The quantitative estimate of drug-likeness (QED) is 0.765. The lowest BCUT2D eigenvalue weighted by Crippen LogP contribution is -2.53. The van der Waals surface area contributed by atoms with Gasteiger partial charge >= 0.3 is 0 Å². The normalized spacial score (nSPS) is 28.2. The predicted molar refractivity (Wildman–Crippen MR) is 65.2 cm³/mol. The van der Waals surface area contributed by atoms with Gasteiger partial charge in [0.1, 0.15) is 0 Å². The fraction of sp³-hybridized carbons (Fsp3) is 0.923. The van der Waals surface area contributed by atoms with Crippen LogP contribution in [-0.4, -0.2) is 25.0 Å². The molecule has 1 aliphatic carbocycles. The van der Waals surface area contributed by atoms with Gasteiger partial charge in [-0.25, -0.2) is 0 Å². The molecule has 16 heavy (non-hydrogen) atoms. The summed E-state index contributed by atoms with van der Waals surface area (Å²) >= 11 is 0. The number of hydrogen-bond donors (Lipinski definition) is 2. The highest BCUT2D eigenvalue weighted by Gasteiger charge is 2.43. The van der Waals surface area contributed by atoms with Gasteiger partial charge in [-0.3, -0.25) is 4.79 Å². The highest BCUT2D eigenvalue weighted by Crippen LogP contribution is 2.45. The van der Waals surface area contributed by atoms with Gasteiger partial charge in [0.05, 0.1) is 0 Å². The van der Waals surface area contributed by atoms with Crippen LogP contribution in [0.15, 0.2) is 0 Å². The molecular weight excluding hydrogens is 200 g/mol. The van der Waals surface area contributed by atoms with Crippen LogP contribution < -0.4 is 10.6 Å². The van der Waals surface area contributed by atoms with Gasteiger partial charge in [-0.1, -0.05) is 19.8 Å². The van der Waals surface area contributed by atoms with Crippen molar-refractivity contribution in [1.29, 1.82) is 0 Å². The largest absolute Gasteiger partial charge is 0.352 e. The summed E-state index contributed by atoms with van der Waals surface area (Å²) in [6.45, 7) is 4.23. The van der Waals surface area contributed by atoms with Gasteiger partial charge in [-0.2, -0.15) is 0 Å². The molecule has 2 fully saturated rings. The summed E-state index contributed by atoms with van der Waals surface area (Å²) in [4.78, 5) is 12.3. The van der Waals surface area contributed by atoms with Crippen molar-refractivity contribution in [2.45, 2.75) is 57.9 Å². The van der Waals surface area contributed by atoms with E-state index in [1.807, 2.05) is 0 Å². The molecule has 0 aromatic rings. The van der Waals surface area contributed by atoms with Crippen molar-refractivity contribution in [3.8, 4) is 0 Å². The second-order valence-corrected chi connectivity index (χ2v) is 5.40. The Hall–Kier alpha value is -0.570. The van der Waals surface area contributed by atoms with Crippen molar-refractivity contribution < 1.29 is 4.79 Å². The lowest BCUT2D eigenvalue weighted by molar-refractivity contribution is -0.137. The van der Waals surface area contributed by atoms with E-state index in [1.54, 1.807) is 0 Å². The predicted octanol–water partition coefficient (Wildman–Crippen LogP) is 1.82. The Kier molecular flexibility index (Phi) is 3.85. The lowest BCUT2D eigenvalue weighted by atomic mass is 9.65. The second-order valence-electron chi connectivity index (χ2n) is 5.40. The number of amides is 1. The number of carbonyl (C=O) groups is 1. The molecule has 2 N–H and O–H groups in total. The van der Waals surface area contributed by atoms with Crippen LogP contribution >= 0.6 is 0 Å². The number of rotatable bonds is 4. The van der Waals surface area contributed by atoms with Gasteiger partial charge in [-0.15, -0.1) is 0 Å². The van der Waals surface area contributed by atoms with E-state index in [-0.39, 0.29) is 5.41 Å². The van der Waals surface area contributed by atoms with E-state index in [4.69, 9.17) is 0 Å². The molecule has 0 aromatic carbocycles. The Morgan fingerprint density at radius 1 is 1.44 bits per heavy atom. The zero-order chi connectivity index (χ0) is 11.4. The summed E-state index contributed by atoms with van der Waals surface area (Å²) < 4.78 is 0. The minimum Gasteiger partial charge on any atom is -0.352 e. The number of nitrogens with one attached hydrogen (secondary N) is 2. The Balaban J connectivity index is 1.85. The summed E-state index contributed by atoms with van der Waals surface area (Å²) in [5.41, 5.74) is 0.00615. The fourth-order valence-electron chi connectivity index (χ4n) is 2.99. The van der Waals surface area contributed by atoms with Crippen molar-refractivity contribution in [1.82, 2.24) is 10.6 Å². The minimum atomic E-state index is 0.00615. The molecule has 3 heteroatoms. The molecule has 1 saturated carbocycles. The first kappa shape index (κ1) is 11.9. The molecule has 0 aromatic heterocycles. The highest BCUT2D eigenvalue weighted by molar-refractivity contribution is 5.83. The molecular formula is C13H24N2O. The van der Waals surface area contributed by atoms with Crippen LogP contribution in [0.1, 0.15) is 51.9 Å². The van der Waals surface area contributed by atoms with Gasteiger partial charge in [-0.05, 0) is 38.6 Å². The van der Waals surface area contributed by atoms with Gasteiger partial charge in [0.25, 0.3) is 0 Å². The van der Waals surface area contributed by atoms with Gasteiger partial charge in [0.2, 0.25) is 5.91 Å². The Morgan fingerprint density at radius 2 is 2.25 bits per heavy atom. The highest BCUT2D eigenvalue weighted by atomic mass is 16.2. The smallest absolute Gasteiger partial charge is 0.226 e. The first-order chi connectivity index (χ1) is 7.77. The molecule has 1 aliphatic heterocycles. The van der Waals surface area contributed by atoms with Crippen molar-refractivity contribution in [3.63, 3.8) is 0 Å². The van der Waals surface area contributed by atoms with Gasteiger partial charge < -0.3 is 10.6 Å². The maximum atomic E-state index is 12.3. The molecule has 0 radical (unpaired) electrons. The van der Waals surface area contributed by atoms with E-state index in [0.29, 0.717) is 11.9 Å². The first-order valence-electron chi connectivity index (χ1n) is 6.78. The van der Waals surface area contributed by atoms with Gasteiger partial charge in [0, 0.05) is 18.0 Å². The van der Waals surface area contributed by atoms with Crippen molar-refractivity contribution in [2.24, 2.45) is 5.41 Å². The van der Waals surface area contributed by atoms with Crippen molar-refractivity contribution in [3.05, 3.63) is 0 Å². The maximum Gasteiger partial charge on any atom is 0.226 e. The topological polar surface area (TPSA) is 41.1 Å². The number of carbonyl (C=O) groups excluding carboxylic acids is 1. The third-order valence-corrected chi connectivity index (χ3v) is 4.15.